The third-order valence-electron chi connectivity index (χ3n) is 1.29. The van der Waals surface area contributed by atoms with E-state index in [0.29, 0.717) is 5.69 Å². The molecule has 0 aliphatic carbocycles. The van der Waals surface area contributed by atoms with Crippen LogP contribution in [0.2, 0.25) is 0 Å². The number of nitrogens with zero attached hydrogens (tertiary/aromatic N) is 2. The fraction of sp³-hybridized carbons (Fsp3) is 0.500. The summed E-state index contributed by atoms with van der Waals surface area (Å²) in [7, 11) is 0. The highest BCUT2D eigenvalue weighted by Crippen LogP contribution is 2.06. The zero-order chi connectivity index (χ0) is 8.27. The predicted molar refractivity (Wildman–Crippen MR) is 46.8 cm³/mol. The Morgan fingerprint density at radius 3 is 3.00 bits per heavy atom. The largest absolute Gasteiger partial charge is 0.390 e. The molecule has 0 saturated carbocycles. The summed E-state index contributed by atoms with van der Waals surface area (Å²) in [5.41, 5.74) is 0.659. The van der Waals surface area contributed by atoms with E-state index in [9.17, 15) is 4.39 Å². The molecule has 11 heavy (non-hydrogen) atoms. The Hall–Kier alpha value is -0.170. The van der Waals surface area contributed by atoms with Crippen molar-refractivity contribution in [1.29, 1.82) is 0 Å². The molecule has 0 spiro atoms. The van der Waals surface area contributed by atoms with Crippen LogP contribution in [0.1, 0.15) is 5.69 Å². The average molecular weight is 270 g/mol. The van der Waals surface area contributed by atoms with Gasteiger partial charge in [0.05, 0.1) is 18.8 Å². The third-order valence-corrected chi connectivity index (χ3v) is 1.82. The zero-order valence-electron chi connectivity index (χ0n) is 5.80. The molecular formula is C6H8FIN2O. The third kappa shape index (κ3) is 2.13. The van der Waals surface area contributed by atoms with Crippen molar-refractivity contribution in [3.8, 4) is 0 Å². The van der Waals surface area contributed by atoms with Crippen LogP contribution in [-0.4, -0.2) is 21.6 Å². The van der Waals surface area contributed by atoms with Crippen molar-refractivity contribution >= 4 is 22.6 Å². The van der Waals surface area contributed by atoms with Crippen molar-refractivity contribution in [3.05, 3.63) is 15.5 Å². The molecule has 62 valence electrons. The highest BCUT2D eigenvalue weighted by Gasteiger charge is 2.03. The van der Waals surface area contributed by atoms with Crippen molar-refractivity contribution in [2.75, 3.05) is 6.67 Å². The normalized spacial score (nSPS) is 10.5. The van der Waals surface area contributed by atoms with Crippen LogP contribution in [0.5, 0.6) is 0 Å². The molecule has 1 heterocycles. The summed E-state index contributed by atoms with van der Waals surface area (Å²) >= 11 is 2.02. The van der Waals surface area contributed by atoms with Crippen LogP contribution in [0, 0.1) is 3.70 Å². The molecule has 0 bridgehead atoms. The lowest BCUT2D eigenvalue weighted by molar-refractivity contribution is 0.265. The first kappa shape index (κ1) is 8.92. The maximum absolute atomic E-state index is 11.9. The van der Waals surface area contributed by atoms with E-state index in [1.807, 2.05) is 22.6 Å². The highest BCUT2D eigenvalue weighted by molar-refractivity contribution is 14.1. The summed E-state index contributed by atoms with van der Waals surface area (Å²) in [6, 6.07) is 1.73. The summed E-state index contributed by atoms with van der Waals surface area (Å²) in [6.45, 7) is -0.320. The van der Waals surface area contributed by atoms with Crippen molar-refractivity contribution in [3.63, 3.8) is 0 Å². The number of hydrogen-bond donors (Lipinski definition) is 1. The summed E-state index contributed by atoms with van der Waals surface area (Å²) in [6.07, 6.45) is 0. The number of hydrogen-bond acceptors (Lipinski definition) is 2. The molecule has 0 aliphatic rings. The topological polar surface area (TPSA) is 38.1 Å². The quantitative estimate of drug-likeness (QED) is 0.830. The minimum atomic E-state index is -0.454. The van der Waals surface area contributed by atoms with E-state index in [4.69, 9.17) is 5.11 Å². The molecule has 5 heteroatoms. The molecule has 0 aromatic carbocycles. The first-order valence-corrected chi connectivity index (χ1v) is 4.25. The van der Waals surface area contributed by atoms with Gasteiger partial charge < -0.3 is 5.11 Å². The van der Waals surface area contributed by atoms with Gasteiger partial charge in [-0.15, -0.1) is 0 Å². The van der Waals surface area contributed by atoms with Crippen LogP contribution in [-0.2, 0) is 13.2 Å². The number of aryl methyl sites for hydroxylation is 1. The number of alkyl halides is 1. The first-order chi connectivity index (χ1) is 5.27. The second-order valence-corrected chi connectivity index (χ2v) is 3.13. The van der Waals surface area contributed by atoms with Crippen LogP contribution in [0.4, 0.5) is 4.39 Å². The van der Waals surface area contributed by atoms with E-state index in [0.717, 1.165) is 3.70 Å². The van der Waals surface area contributed by atoms with Crippen LogP contribution >= 0.6 is 22.6 Å². The molecule has 1 rings (SSSR count). The lowest BCUT2D eigenvalue weighted by Crippen LogP contribution is -2.06. The minimum absolute atomic E-state index is 0.0873. The molecular weight excluding hydrogens is 262 g/mol. The van der Waals surface area contributed by atoms with E-state index in [1.54, 1.807) is 6.07 Å². The van der Waals surface area contributed by atoms with E-state index >= 15 is 0 Å². The lowest BCUT2D eigenvalue weighted by atomic mass is 10.4. The molecule has 0 aliphatic heterocycles. The second-order valence-electron chi connectivity index (χ2n) is 2.03. The van der Waals surface area contributed by atoms with Crippen molar-refractivity contribution < 1.29 is 9.50 Å². The zero-order valence-corrected chi connectivity index (χ0v) is 7.95. The summed E-state index contributed by atoms with van der Waals surface area (Å²) < 4.78 is 14.1. The maximum atomic E-state index is 11.9. The second kappa shape index (κ2) is 4.01. The Bertz CT molecular complexity index is 238. The minimum Gasteiger partial charge on any atom is -0.390 e. The maximum Gasteiger partial charge on any atom is 0.123 e. The predicted octanol–water partition coefficient (Wildman–Crippen LogP) is 0.950. The van der Waals surface area contributed by atoms with Gasteiger partial charge in [-0.05, 0) is 28.7 Å². The van der Waals surface area contributed by atoms with Gasteiger partial charge in [-0.25, -0.2) is 4.39 Å². The number of halogens is 2. The molecule has 0 amide bonds. The van der Waals surface area contributed by atoms with Crippen molar-refractivity contribution in [2.24, 2.45) is 0 Å². The SMILES string of the molecule is OCc1cc(I)nn1CCF. The fourth-order valence-corrected chi connectivity index (χ4v) is 1.44. The Kier molecular flexibility index (Phi) is 3.25. The van der Waals surface area contributed by atoms with Gasteiger partial charge >= 0.3 is 0 Å². The van der Waals surface area contributed by atoms with Gasteiger partial charge in [0.1, 0.15) is 10.4 Å². The van der Waals surface area contributed by atoms with Gasteiger partial charge in [0, 0.05) is 0 Å². The van der Waals surface area contributed by atoms with Crippen LogP contribution in [0.15, 0.2) is 6.07 Å². The van der Waals surface area contributed by atoms with E-state index in [2.05, 4.69) is 5.10 Å². The molecule has 1 aromatic heterocycles. The molecule has 0 fully saturated rings. The molecule has 3 nitrogen and oxygen atoms in total. The Morgan fingerprint density at radius 1 is 1.73 bits per heavy atom. The fourth-order valence-electron chi connectivity index (χ4n) is 0.821. The smallest absolute Gasteiger partial charge is 0.123 e. The van der Waals surface area contributed by atoms with Crippen LogP contribution in [0.3, 0.4) is 0 Å². The molecule has 0 saturated heterocycles. The summed E-state index contributed by atoms with van der Waals surface area (Å²) in [5, 5.41) is 12.7. The number of aromatic nitrogens is 2. The van der Waals surface area contributed by atoms with Gasteiger partial charge in [-0.2, -0.15) is 5.10 Å². The molecule has 0 atom stereocenters. The monoisotopic (exact) mass is 270 g/mol. The Morgan fingerprint density at radius 2 is 2.45 bits per heavy atom. The number of aliphatic hydroxyl groups is 1. The van der Waals surface area contributed by atoms with Crippen molar-refractivity contribution in [1.82, 2.24) is 9.78 Å². The van der Waals surface area contributed by atoms with E-state index in [1.165, 1.54) is 4.68 Å². The van der Waals surface area contributed by atoms with Crippen LogP contribution < -0.4 is 0 Å². The molecule has 0 unspecified atom stereocenters. The molecule has 1 aromatic rings. The highest BCUT2D eigenvalue weighted by atomic mass is 127. The van der Waals surface area contributed by atoms with Gasteiger partial charge in [0.15, 0.2) is 0 Å². The summed E-state index contributed by atoms with van der Waals surface area (Å²) in [4.78, 5) is 0. The Labute approximate surface area is 77.4 Å². The molecule has 1 N–H and O–H groups in total. The standard InChI is InChI=1S/C6H8FIN2O/c7-1-2-10-5(4-11)3-6(8)9-10/h3,11H,1-2,4H2. The average Bonchev–Trinajstić information content (AvgIpc) is 2.32. The van der Waals surface area contributed by atoms with Gasteiger partial charge in [-0.3, -0.25) is 4.68 Å². The molecule has 0 radical (unpaired) electrons. The van der Waals surface area contributed by atoms with Gasteiger partial charge in [0.2, 0.25) is 0 Å². The number of rotatable bonds is 3. The van der Waals surface area contributed by atoms with Crippen LogP contribution in [0.25, 0.3) is 0 Å². The number of aliphatic hydroxyl groups excluding tert-OH is 1. The van der Waals surface area contributed by atoms with Gasteiger partial charge in [-0.1, -0.05) is 0 Å². The van der Waals surface area contributed by atoms with E-state index < -0.39 is 6.67 Å². The first-order valence-electron chi connectivity index (χ1n) is 3.17. The van der Waals surface area contributed by atoms with E-state index in [-0.39, 0.29) is 13.2 Å². The van der Waals surface area contributed by atoms with Crippen molar-refractivity contribution in [2.45, 2.75) is 13.2 Å². The Balaban J connectivity index is 2.83. The summed E-state index contributed by atoms with van der Waals surface area (Å²) in [5.74, 6) is 0. The lowest BCUT2D eigenvalue weighted by Gasteiger charge is -1.99. The van der Waals surface area contributed by atoms with Gasteiger partial charge in [0.25, 0.3) is 0 Å².